The van der Waals surface area contributed by atoms with Crippen LogP contribution >= 0.6 is 0 Å². The lowest BCUT2D eigenvalue weighted by atomic mass is 10.0. The molecule has 1 amide bonds. The van der Waals surface area contributed by atoms with Crippen molar-refractivity contribution in [1.29, 1.82) is 0 Å². The van der Waals surface area contributed by atoms with Crippen molar-refractivity contribution in [3.05, 3.63) is 75.3 Å². The topological polar surface area (TPSA) is 98.5 Å². The quantitative estimate of drug-likeness (QED) is 0.494. The fourth-order valence-corrected chi connectivity index (χ4v) is 2.49. The van der Waals surface area contributed by atoms with E-state index in [1.165, 1.54) is 32.2 Å². The number of benzene rings is 2. The molecule has 1 atom stereocenters. The Morgan fingerprint density at radius 3 is 2.44 bits per heavy atom. The molecule has 130 valence electrons. The SMILES string of the molecule is COC(=O)C(Cc1ccccc1)NC(=O)c1cccc([N+](=O)[O-])c1C. The highest BCUT2D eigenvalue weighted by molar-refractivity contribution is 5.98. The maximum absolute atomic E-state index is 12.5. The average Bonchev–Trinajstić information content (AvgIpc) is 2.61. The standard InChI is InChI=1S/C18H18N2O5/c1-12-14(9-6-10-16(12)20(23)24)17(21)19-15(18(22)25-2)11-13-7-4-3-5-8-13/h3-10,15H,11H2,1-2H3,(H,19,21). The second-order valence-electron chi connectivity index (χ2n) is 5.45. The molecule has 0 aromatic heterocycles. The molecule has 2 rings (SSSR count). The van der Waals surface area contributed by atoms with Crippen LogP contribution in [0, 0.1) is 17.0 Å². The molecule has 7 heteroatoms. The number of nitro groups is 1. The predicted molar refractivity (Wildman–Crippen MR) is 91.2 cm³/mol. The number of nitro benzene ring substituents is 1. The van der Waals surface area contributed by atoms with E-state index in [1.807, 2.05) is 30.3 Å². The summed E-state index contributed by atoms with van der Waals surface area (Å²) in [5.41, 5.74) is 1.10. The zero-order valence-corrected chi connectivity index (χ0v) is 13.9. The molecule has 0 aliphatic carbocycles. The molecule has 1 N–H and O–H groups in total. The second-order valence-corrected chi connectivity index (χ2v) is 5.45. The van der Waals surface area contributed by atoms with E-state index in [4.69, 9.17) is 4.74 Å². The molecule has 0 fully saturated rings. The van der Waals surface area contributed by atoms with Crippen molar-refractivity contribution >= 4 is 17.6 Å². The van der Waals surface area contributed by atoms with Gasteiger partial charge in [-0.2, -0.15) is 0 Å². The zero-order chi connectivity index (χ0) is 18.4. The summed E-state index contributed by atoms with van der Waals surface area (Å²) >= 11 is 0. The first kappa shape index (κ1) is 18.1. The summed E-state index contributed by atoms with van der Waals surface area (Å²) in [7, 11) is 1.24. The number of carbonyl (C=O) groups excluding carboxylic acids is 2. The van der Waals surface area contributed by atoms with E-state index in [0.29, 0.717) is 0 Å². The van der Waals surface area contributed by atoms with E-state index in [2.05, 4.69) is 5.32 Å². The Morgan fingerprint density at radius 2 is 1.84 bits per heavy atom. The molecule has 0 bridgehead atoms. The van der Waals surface area contributed by atoms with Crippen LogP contribution in [0.1, 0.15) is 21.5 Å². The normalized spacial score (nSPS) is 11.4. The van der Waals surface area contributed by atoms with Crippen LogP contribution in [0.5, 0.6) is 0 Å². The maximum Gasteiger partial charge on any atom is 0.328 e. The minimum atomic E-state index is -0.890. The average molecular weight is 342 g/mol. The molecule has 0 aliphatic heterocycles. The van der Waals surface area contributed by atoms with Gasteiger partial charge >= 0.3 is 5.97 Å². The third-order valence-electron chi connectivity index (χ3n) is 3.82. The monoisotopic (exact) mass is 342 g/mol. The van der Waals surface area contributed by atoms with Crippen molar-refractivity contribution in [3.8, 4) is 0 Å². The Balaban J connectivity index is 2.24. The van der Waals surface area contributed by atoms with Crippen LogP contribution in [0.4, 0.5) is 5.69 Å². The number of methoxy groups -OCH3 is 1. The van der Waals surface area contributed by atoms with Gasteiger partial charge in [0.25, 0.3) is 11.6 Å². The molecule has 7 nitrogen and oxygen atoms in total. The number of nitrogens with one attached hydrogen (secondary N) is 1. The van der Waals surface area contributed by atoms with Crippen LogP contribution in [0.2, 0.25) is 0 Å². The predicted octanol–water partition coefficient (Wildman–Crippen LogP) is 2.42. The van der Waals surface area contributed by atoms with Gasteiger partial charge in [0.2, 0.25) is 0 Å². The molecular weight excluding hydrogens is 324 g/mol. The highest BCUT2D eigenvalue weighted by Gasteiger charge is 2.25. The molecule has 0 aliphatic rings. The fourth-order valence-electron chi connectivity index (χ4n) is 2.49. The molecule has 0 heterocycles. The minimum Gasteiger partial charge on any atom is -0.467 e. The number of hydrogen-bond donors (Lipinski definition) is 1. The third kappa shape index (κ3) is 4.41. The van der Waals surface area contributed by atoms with Gasteiger partial charge in [-0.05, 0) is 18.6 Å². The van der Waals surface area contributed by atoms with Crippen molar-refractivity contribution < 1.29 is 19.2 Å². The zero-order valence-electron chi connectivity index (χ0n) is 13.9. The summed E-state index contributed by atoms with van der Waals surface area (Å²) in [6.45, 7) is 1.50. The number of amides is 1. The van der Waals surface area contributed by atoms with E-state index in [0.717, 1.165) is 5.56 Å². The molecule has 0 saturated heterocycles. The van der Waals surface area contributed by atoms with Gasteiger partial charge in [0.1, 0.15) is 6.04 Å². The first-order valence-electron chi connectivity index (χ1n) is 7.60. The van der Waals surface area contributed by atoms with E-state index in [-0.39, 0.29) is 23.2 Å². The van der Waals surface area contributed by atoms with E-state index in [1.54, 1.807) is 0 Å². The summed E-state index contributed by atoms with van der Waals surface area (Å²) < 4.78 is 4.75. The lowest BCUT2D eigenvalue weighted by Gasteiger charge is -2.17. The van der Waals surface area contributed by atoms with Gasteiger partial charge in [-0.3, -0.25) is 14.9 Å². The molecule has 0 saturated carbocycles. The number of nitrogens with zero attached hydrogens (tertiary/aromatic N) is 1. The summed E-state index contributed by atoms with van der Waals surface area (Å²) in [5.74, 6) is -1.15. The molecule has 25 heavy (non-hydrogen) atoms. The van der Waals surface area contributed by atoms with Crippen molar-refractivity contribution in [1.82, 2.24) is 5.32 Å². The summed E-state index contributed by atoms with van der Waals surface area (Å²) in [5, 5.41) is 13.6. The summed E-state index contributed by atoms with van der Waals surface area (Å²) in [6, 6.07) is 12.5. The van der Waals surface area contributed by atoms with Crippen LogP contribution in [-0.2, 0) is 16.0 Å². The molecule has 2 aromatic rings. The summed E-state index contributed by atoms with van der Waals surface area (Å²) in [6.07, 6.45) is 0.257. The summed E-state index contributed by atoms with van der Waals surface area (Å²) in [4.78, 5) is 35.0. The Morgan fingerprint density at radius 1 is 1.16 bits per heavy atom. The lowest BCUT2D eigenvalue weighted by Crippen LogP contribution is -2.43. The Bertz CT molecular complexity index is 789. The Kier molecular flexibility index (Phi) is 5.84. The molecular formula is C18H18N2O5. The Hall–Kier alpha value is -3.22. The van der Waals surface area contributed by atoms with Crippen molar-refractivity contribution in [2.45, 2.75) is 19.4 Å². The van der Waals surface area contributed by atoms with Gasteiger partial charge in [0.15, 0.2) is 0 Å². The largest absolute Gasteiger partial charge is 0.467 e. The van der Waals surface area contributed by atoms with Crippen molar-refractivity contribution in [2.75, 3.05) is 7.11 Å². The molecule has 0 spiro atoms. The maximum atomic E-state index is 12.5. The number of esters is 1. The lowest BCUT2D eigenvalue weighted by molar-refractivity contribution is -0.385. The molecule has 0 radical (unpaired) electrons. The highest BCUT2D eigenvalue weighted by atomic mass is 16.6. The smallest absolute Gasteiger partial charge is 0.328 e. The number of ether oxygens (including phenoxy) is 1. The fraction of sp³-hybridized carbons (Fsp3) is 0.222. The van der Waals surface area contributed by atoms with E-state index >= 15 is 0 Å². The van der Waals surface area contributed by atoms with Crippen molar-refractivity contribution in [2.24, 2.45) is 0 Å². The van der Waals surface area contributed by atoms with Gasteiger partial charge in [0.05, 0.1) is 12.0 Å². The van der Waals surface area contributed by atoms with E-state index < -0.39 is 22.8 Å². The number of hydrogen-bond acceptors (Lipinski definition) is 5. The van der Waals surface area contributed by atoms with Gasteiger partial charge < -0.3 is 10.1 Å². The van der Waals surface area contributed by atoms with Crippen molar-refractivity contribution in [3.63, 3.8) is 0 Å². The van der Waals surface area contributed by atoms with Crippen LogP contribution in [0.25, 0.3) is 0 Å². The highest BCUT2D eigenvalue weighted by Crippen LogP contribution is 2.21. The van der Waals surface area contributed by atoms with Gasteiger partial charge in [-0.1, -0.05) is 36.4 Å². The first-order chi connectivity index (χ1) is 11.9. The van der Waals surface area contributed by atoms with Crippen LogP contribution in [0.15, 0.2) is 48.5 Å². The molecule has 2 aromatic carbocycles. The van der Waals surface area contributed by atoms with Crippen LogP contribution in [0.3, 0.4) is 0 Å². The third-order valence-corrected chi connectivity index (χ3v) is 3.82. The van der Waals surface area contributed by atoms with Crippen LogP contribution in [-0.4, -0.2) is 30.0 Å². The second kappa shape index (κ2) is 8.05. The van der Waals surface area contributed by atoms with Crippen LogP contribution < -0.4 is 5.32 Å². The minimum absolute atomic E-state index is 0.148. The van der Waals surface area contributed by atoms with Gasteiger partial charge in [-0.15, -0.1) is 0 Å². The number of rotatable bonds is 6. The first-order valence-corrected chi connectivity index (χ1v) is 7.60. The van der Waals surface area contributed by atoms with Gasteiger partial charge in [0, 0.05) is 23.6 Å². The molecule has 1 unspecified atom stereocenters. The Labute approximate surface area is 144 Å². The number of carbonyl (C=O) groups is 2. The van der Waals surface area contributed by atoms with Gasteiger partial charge in [-0.25, -0.2) is 4.79 Å². The van der Waals surface area contributed by atoms with E-state index in [9.17, 15) is 19.7 Å².